The Labute approximate surface area is 98.5 Å². The summed E-state index contributed by atoms with van der Waals surface area (Å²) in [5.41, 5.74) is 1.64. The zero-order valence-electron chi connectivity index (χ0n) is 9.81. The van der Waals surface area contributed by atoms with Gasteiger partial charge >= 0.3 is 0 Å². The minimum atomic E-state index is 0.911. The summed E-state index contributed by atoms with van der Waals surface area (Å²) in [6.07, 6.45) is 7.70. The lowest BCUT2D eigenvalue weighted by molar-refractivity contribution is 0.169. The van der Waals surface area contributed by atoms with Crippen molar-refractivity contribution in [2.45, 2.75) is 37.7 Å². The normalized spacial score (nSPS) is 40.4. The van der Waals surface area contributed by atoms with Gasteiger partial charge in [0.25, 0.3) is 0 Å². The van der Waals surface area contributed by atoms with Crippen LogP contribution in [0.1, 0.15) is 30.6 Å². The molecule has 1 heteroatoms. The summed E-state index contributed by atoms with van der Waals surface area (Å²) in [7, 11) is 0. The standard InChI is InChI=1S/C15H19B/c1-2-4-13(5-3-1)15-14-7-11-6-12(8-14)10-16(15)9-11/h1-5,11-12,14-15H,6-10H2. The zero-order chi connectivity index (χ0) is 10.5. The lowest BCUT2D eigenvalue weighted by Gasteiger charge is -2.53. The van der Waals surface area contributed by atoms with Crippen LogP contribution in [0.25, 0.3) is 0 Å². The Morgan fingerprint density at radius 3 is 2.19 bits per heavy atom. The molecule has 1 saturated carbocycles. The van der Waals surface area contributed by atoms with Crippen LogP contribution < -0.4 is 0 Å². The molecular weight excluding hydrogens is 191 g/mol. The molecule has 4 aliphatic rings. The van der Waals surface area contributed by atoms with E-state index in [4.69, 9.17) is 0 Å². The van der Waals surface area contributed by atoms with Gasteiger partial charge in [-0.2, -0.15) is 0 Å². The molecule has 4 fully saturated rings. The summed E-state index contributed by atoms with van der Waals surface area (Å²) < 4.78 is 0. The molecule has 1 aromatic carbocycles. The van der Waals surface area contributed by atoms with E-state index < -0.39 is 0 Å². The summed E-state index contributed by atoms with van der Waals surface area (Å²) >= 11 is 0. The van der Waals surface area contributed by atoms with Gasteiger partial charge in [-0.15, -0.1) is 0 Å². The van der Waals surface area contributed by atoms with E-state index in [1.807, 2.05) is 0 Å². The molecule has 3 atom stereocenters. The SMILES string of the molecule is c1ccc(C2B3CC4CC(C3)CC2C4)cc1. The van der Waals surface area contributed by atoms with Gasteiger partial charge in [-0.25, -0.2) is 0 Å². The van der Waals surface area contributed by atoms with Crippen molar-refractivity contribution in [3.8, 4) is 0 Å². The van der Waals surface area contributed by atoms with E-state index in [-0.39, 0.29) is 0 Å². The summed E-state index contributed by atoms with van der Waals surface area (Å²) in [6, 6.07) is 11.3. The Bertz CT molecular complexity index is 356. The van der Waals surface area contributed by atoms with Gasteiger partial charge in [0.05, 0.1) is 0 Å². The molecule has 0 aromatic heterocycles. The maximum atomic E-state index is 2.37. The fraction of sp³-hybridized carbons (Fsp3) is 0.600. The van der Waals surface area contributed by atoms with E-state index in [1.165, 1.54) is 25.5 Å². The van der Waals surface area contributed by atoms with E-state index in [2.05, 4.69) is 30.3 Å². The Kier molecular flexibility index (Phi) is 1.97. The van der Waals surface area contributed by atoms with Gasteiger partial charge in [-0.3, -0.25) is 0 Å². The zero-order valence-corrected chi connectivity index (χ0v) is 9.81. The largest absolute Gasteiger partial charge is 0.149 e. The van der Waals surface area contributed by atoms with Crippen molar-refractivity contribution in [1.29, 1.82) is 0 Å². The lowest BCUT2D eigenvalue weighted by atomic mass is 9.22. The number of rotatable bonds is 1. The van der Waals surface area contributed by atoms with Crippen LogP contribution in [0.4, 0.5) is 0 Å². The Morgan fingerprint density at radius 1 is 0.875 bits per heavy atom. The third-order valence-corrected chi connectivity index (χ3v) is 5.41. The fourth-order valence-corrected chi connectivity index (χ4v) is 5.14. The molecule has 0 spiro atoms. The van der Waals surface area contributed by atoms with Crippen LogP contribution in [-0.4, -0.2) is 6.71 Å². The van der Waals surface area contributed by atoms with E-state index >= 15 is 0 Å². The predicted molar refractivity (Wildman–Crippen MR) is 68.9 cm³/mol. The van der Waals surface area contributed by atoms with Gasteiger partial charge in [0.2, 0.25) is 0 Å². The van der Waals surface area contributed by atoms with E-state index in [0.717, 1.165) is 30.3 Å². The molecule has 0 radical (unpaired) electrons. The highest BCUT2D eigenvalue weighted by Gasteiger charge is 2.49. The molecule has 16 heavy (non-hydrogen) atoms. The number of hydrogen-bond acceptors (Lipinski definition) is 0. The smallest absolute Gasteiger partial charge is 0.0707 e. The third-order valence-electron chi connectivity index (χ3n) is 5.41. The predicted octanol–water partition coefficient (Wildman–Crippen LogP) is 3.86. The molecule has 1 aliphatic carbocycles. The first-order valence-electron chi connectivity index (χ1n) is 6.95. The topological polar surface area (TPSA) is 0 Å². The van der Waals surface area contributed by atoms with Crippen LogP contribution in [-0.2, 0) is 0 Å². The van der Waals surface area contributed by atoms with Gasteiger partial charge in [0.1, 0.15) is 6.71 Å². The minimum Gasteiger partial charge on any atom is -0.0707 e. The summed E-state index contributed by atoms with van der Waals surface area (Å²) in [6.45, 7) is 1.03. The summed E-state index contributed by atoms with van der Waals surface area (Å²) in [5.74, 6) is 4.14. The molecule has 3 unspecified atom stereocenters. The molecular formula is C15H19B. The van der Waals surface area contributed by atoms with Gasteiger partial charge in [-0.1, -0.05) is 48.5 Å². The fourth-order valence-electron chi connectivity index (χ4n) is 5.14. The molecule has 0 N–H and O–H groups in total. The first-order valence-corrected chi connectivity index (χ1v) is 6.95. The van der Waals surface area contributed by atoms with E-state index in [9.17, 15) is 0 Å². The molecule has 3 saturated heterocycles. The molecule has 0 amide bonds. The first kappa shape index (κ1) is 9.33. The lowest BCUT2D eigenvalue weighted by Crippen LogP contribution is -2.48. The van der Waals surface area contributed by atoms with E-state index in [1.54, 1.807) is 12.0 Å². The second kappa shape index (κ2) is 3.39. The van der Waals surface area contributed by atoms with Crippen molar-refractivity contribution in [3.63, 3.8) is 0 Å². The minimum absolute atomic E-state index is 0.911. The van der Waals surface area contributed by atoms with Crippen molar-refractivity contribution in [1.82, 2.24) is 0 Å². The monoisotopic (exact) mass is 210 g/mol. The second-order valence-electron chi connectivity index (χ2n) is 6.37. The maximum Gasteiger partial charge on any atom is 0.149 e. The molecule has 3 heterocycles. The molecule has 5 rings (SSSR count). The number of benzene rings is 1. The van der Waals surface area contributed by atoms with Crippen LogP contribution in [0, 0.1) is 17.8 Å². The van der Waals surface area contributed by atoms with Crippen LogP contribution in [0.5, 0.6) is 0 Å². The van der Waals surface area contributed by atoms with Crippen LogP contribution in [0.2, 0.25) is 12.6 Å². The average Bonchev–Trinajstić information content (AvgIpc) is 2.29. The molecule has 82 valence electrons. The van der Waals surface area contributed by atoms with Crippen molar-refractivity contribution in [2.24, 2.45) is 17.8 Å². The molecule has 0 nitrogen and oxygen atoms in total. The number of hydrogen-bond donors (Lipinski definition) is 0. The third kappa shape index (κ3) is 1.30. The van der Waals surface area contributed by atoms with Crippen molar-refractivity contribution >= 4 is 6.71 Å². The molecule has 3 aliphatic heterocycles. The maximum absolute atomic E-state index is 2.37. The quantitative estimate of drug-likeness (QED) is 0.617. The van der Waals surface area contributed by atoms with Gasteiger partial charge in [0.15, 0.2) is 0 Å². The van der Waals surface area contributed by atoms with Crippen molar-refractivity contribution in [2.75, 3.05) is 0 Å². The van der Waals surface area contributed by atoms with Crippen LogP contribution in [0.3, 0.4) is 0 Å². The van der Waals surface area contributed by atoms with Crippen LogP contribution in [0.15, 0.2) is 30.3 Å². The van der Waals surface area contributed by atoms with E-state index in [0.29, 0.717) is 0 Å². The Balaban J connectivity index is 1.70. The van der Waals surface area contributed by atoms with Crippen molar-refractivity contribution in [3.05, 3.63) is 35.9 Å². The molecule has 4 bridgehead atoms. The Hall–Kier alpha value is -0.715. The highest BCUT2D eigenvalue weighted by Crippen LogP contribution is 2.56. The van der Waals surface area contributed by atoms with Gasteiger partial charge < -0.3 is 0 Å². The summed E-state index contributed by atoms with van der Waals surface area (Å²) in [5, 5.41) is 0. The van der Waals surface area contributed by atoms with Crippen molar-refractivity contribution < 1.29 is 0 Å². The molecule has 1 aromatic rings. The van der Waals surface area contributed by atoms with Gasteiger partial charge in [-0.05, 0) is 42.8 Å². The summed E-state index contributed by atoms with van der Waals surface area (Å²) in [4.78, 5) is 0. The van der Waals surface area contributed by atoms with Crippen LogP contribution >= 0.6 is 0 Å². The first-order chi connectivity index (χ1) is 7.90. The Morgan fingerprint density at radius 2 is 1.56 bits per heavy atom. The highest BCUT2D eigenvalue weighted by molar-refractivity contribution is 6.61. The average molecular weight is 210 g/mol. The highest BCUT2D eigenvalue weighted by atomic mass is 14.4. The second-order valence-corrected chi connectivity index (χ2v) is 6.37. The van der Waals surface area contributed by atoms with Gasteiger partial charge in [0, 0.05) is 0 Å².